The molecule has 0 saturated carbocycles. The molecule has 0 atom stereocenters. The van der Waals surface area contributed by atoms with E-state index in [0.717, 1.165) is 0 Å². The van der Waals surface area contributed by atoms with E-state index in [9.17, 15) is 0 Å². The summed E-state index contributed by atoms with van der Waals surface area (Å²) in [7, 11) is -1.27. The van der Waals surface area contributed by atoms with E-state index < -0.39 is 8.32 Å². The SMILES string of the molecule is [CH2]CO[Si](C)(C)CCC. The highest BCUT2D eigenvalue weighted by molar-refractivity contribution is 6.71. The molecule has 0 bridgehead atoms. The predicted molar refractivity (Wildman–Crippen MR) is 43.9 cm³/mol. The minimum Gasteiger partial charge on any atom is -0.417 e. The third kappa shape index (κ3) is 4.67. The summed E-state index contributed by atoms with van der Waals surface area (Å²) in [6.45, 7) is 11.0. The van der Waals surface area contributed by atoms with Crippen molar-refractivity contribution in [3.05, 3.63) is 6.92 Å². The lowest BCUT2D eigenvalue weighted by molar-refractivity contribution is 0.349. The van der Waals surface area contributed by atoms with Gasteiger partial charge in [-0.3, -0.25) is 0 Å². The molecule has 1 radical (unpaired) electrons. The summed E-state index contributed by atoms with van der Waals surface area (Å²) in [5.41, 5.74) is 0. The fourth-order valence-electron chi connectivity index (χ4n) is 0.951. The molecule has 0 aromatic rings. The monoisotopic (exact) mass is 145 g/mol. The maximum atomic E-state index is 5.50. The molecular formula is C7H17OSi. The van der Waals surface area contributed by atoms with Crippen LogP contribution in [0, 0.1) is 6.92 Å². The summed E-state index contributed by atoms with van der Waals surface area (Å²) >= 11 is 0. The molecule has 0 saturated heterocycles. The zero-order valence-electron chi connectivity index (χ0n) is 6.74. The molecule has 0 aromatic carbocycles. The second-order valence-corrected chi connectivity index (χ2v) is 7.17. The molecule has 9 heavy (non-hydrogen) atoms. The smallest absolute Gasteiger partial charge is 0.186 e. The maximum absolute atomic E-state index is 5.50. The largest absolute Gasteiger partial charge is 0.417 e. The van der Waals surface area contributed by atoms with E-state index in [1.807, 2.05) is 0 Å². The number of rotatable bonds is 4. The minimum absolute atomic E-state index is 0.638. The summed E-state index contributed by atoms with van der Waals surface area (Å²) in [4.78, 5) is 0. The Morgan fingerprint density at radius 1 is 1.44 bits per heavy atom. The van der Waals surface area contributed by atoms with Gasteiger partial charge < -0.3 is 4.43 Å². The summed E-state index contributed by atoms with van der Waals surface area (Å²) in [6, 6.07) is 1.25. The first-order chi connectivity index (χ1) is 4.12. The lowest BCUT2D eigenvalue weighted by atomic mass is 10.6. The van der Waals surface area contributed by atoms with Crippen molar-refractivity contribution in [2.75, 3.05) is 6.61 Å². The molecule has 0 spiro atoms. The summed E-state index contributed by atoms with van der Waals surface area (Å²) in [5.74, 6) is 0. The van der Waals surface area contributed by atoms with Crippen LogP contribution in [-0.4, -0.2) is 14.9 Å². The first kappa shape index (κ1) is 9.18. The highest BCUT2D eigenvalue weighted by atomic mass is 28.4. The van der Waals surface area contributed by atoms with Crippen molar-refractivity contribution in [1.29, 1.82) is 0 Å². The third-order valence-corrected chi connectivity index (χ3v) is 4.03. The molecule has 0 aromatic heterocycles. The van der Waals surface area contributed by atoms with Gasteiger partial charge in [-0.25, -0.2) is 0 Å². The average Bonchev–Trinajstić information content (AvgIpc) is 1.64. The molecular weight excluding hydrogens is 128 g/mol. The van der Waals surface area contributed by atoms with E-state index >= 15 is 0 Å². The lowest BCUT2D eigenvalue weighted by Crippen LogP contribution is -2.29. The van der Waals surface area contributed by atoms with Crippen LogP contribution in [0.5, 0.6) is 0 Å². The van der Waals surface area contributed by atoms with Crippen LogP contribution in [-0.2, 0) is 4.43 Å². The zero-order chi connectivity index (χ0) is 7.33. The van der Waals surface area contributed by atoms with E-state index in [-0.39, 0.29) is 0 Å². The second-order valence-electron chi connectivity index (χ2n) is 2.86. The van der Waals surface area contributed by atoms with Crippen molar-refractivity contribution < 1.29 is 4.43 Å². The Kier molecular flexibility index (Phi) is 4.15. The van der Waals surface area contributed by atoms with Crippen molar-refractivity contribution in [2.45, 2.75) is 32.5 Å². The maximum Gasteiger partial charge on any atom is 0.186 e. The highest BCUT2D eigenvalue weighted by Gasteiger charge is 2.19. The molecule has 0 fully saturated rings. The Bertz CT molecular complexity index is 63.3. The molecule has 1 nitrogen and oxygen atoms in total. The first-order valence-electron chi connectivity index (χ1n) is 3.55. The van der Waals surface area contributed by atoms with Gasteiger partial charge in [0.05, 0.1) is 0 Å². The topological polar surface area (TPSA) is 9.23 Å². The Morgan fingerprint density at radius 2 is 2.00 bits per heavy atom. The van der Waals surface area contributed by atoms with Crippen LogP contribution in [0.1, 0.15) is 13.3 Å². The van der Waals surface area contributed by atoms with Gasteiger partial charge >= 0.3 is 0 Å². The Labute approximate surface area is 59.5 Å². The predicted octanol–water partition coefficient (Wildman–Crippen LogP) is 2.45. The minimum atomic E-state index is -1.27. The zero-order valence-corrected chi connectivity index (χ0v) is 7.74. The summed E-state index contributed by atoms with van der Waals surface area (Å²) in [6.07, 6.45) is 1.24. The van der Waals surface area contributed by atoms with Crippen molar-refractivity contribution in [2.24, 2.45) is 0 Å². The van der Waals surface area contributed by atoms with Gasteiger partial charge in [0, 0.05) is 6.61 Å². The molecule has 55 valence electrons. The van der Waals surface area contributed by atoms with Gasteiger partial charge in [0.2, 0.25) is 0 Å². The van der Waals surface area contributed by atoms with Crippen LogP contribution in [0.2, 0.25) is 19.1 Å². The fraction of sp³-hybridized carbons (Fsp3) is 0.857. The van der Waals surface area contributed by atoms with Crippen LogP contribution in [0.15, 0.2) is 0 Å². The molecule has 0 aliphatic rings. The van der Waals surface area contributed by atoms with Crippen LogP contribution >= 0.6 is 0 Å². The highest BCUT2D eigenvalue weighted by Crippen LogP contribution is 2.12. The van der Waals surface area contributed by atoms with Crippen LogP contribution in [0.3, 0.4) is 0 Å². The van der Waals surface area contributed by atoms with Crippen molar-refractivity contribution >= 4 is 8.32 Å². The van der Waals surface area contributed by atoms with Gasteiger partial charge in [0.15, 0.2) is 8.32 Å². The summed E-state index contributed by atoms with van der Waals surface area (Å²) < 4.78 is 5.50. The number of hydrogen-bond acceptors (Lipinski definition) is 1. The van der Waals surface area contributed by atoms with Gasteiger partial charge in [0.1, 0.15) is 0 Å². The number of hydrogen-bond donors (Lipinski definition) is 0. The van der Waals surface area contributed by atoms with E-state index in [1.165, 1.54) is 12.5 Å². The Hall–Kier alpha value is 0.177. The molecule has 0 unspecified atom stereocenters. The lowest BCUT2D eigenvalue weighted by Gasteiger charge is -2.20. The molecule has 0 amide bonds. The van der Waals surface area contributed by atoms with Gasteiger partial charge in [-0.2, -0.15) is 0 Å². The fourth-order valence-corrected chi connectivity index (χ4v) is 2.85. The quantitative estimate of drug-likeness (QED) is 0.552. The third-order valence-electron chi connectivity index (χ3n) is 1.34. The Morgan fingerprint density at radius 3 is 2.33 bits per heavy atom. The van der Waals surface area contributed by atoms with Gasteiger partial charge in [0.25, 0.3) is 0 Å². The van der Waals surface area contributed by atoms with Crippen molar-refractivity contribution in [3.8, 4) is 0 Å². The molecule has 0 aliphatic heterocycles. The second kappa shape index (κ2) is 4.07. The average molecular weight is 145 g/mol. The molecule has 2 heteroatoms. The van der Waals surface area contributed by atoms with E-state index in [1.54, 1.807) is 0 Å². The Balaban J connectivity index is 3.43. The van der Waals surface area contributed by atoms with E-state index in [0.29, 0.717) is 6.61 Å². The van der Waals surface area contributed by atoms with E-state index in [4.69, 9.17) is 4.43 Å². The molecule has 0 heterocycles. The van der Waals surface area contributed by atoms with Gasteiger partial charge in [-0.1, -0.05) is 13.3 Å². The normalized spacial score (nSPS) is 12.0. The molecule has 0 aliphatic carbocycles. The van der Waals surface area contributed by atoms with Crippen LogP contribution in [0.4, 0.5) is 0 Å². The van der Waals surface area contributed by atoms with Crippen LogP contribution in [0.25, 0.3) is 0 Å². The molecule has 0 N–H and O–H groups in total. The van der Waals surface area contributed by atoms with Crippen molar-refractivity contribution in [3.63, 3.8) is 0 Å². The van der Waals surface area contributed by atoms with Gasteiger partial charge in [-0.05, 0) is 26.1 Å². The standard InChI is InChI=1S/C7H17OSi/c1-5-7-9(3,4)8-6-2/h2,5-7H2,1,3-4H3. The molecule has 0 rings (SSSR count). The van der Waals surface area contributed by atoms with E-state index in [2.05, 4.69) is 26.9 Å². The van der Waals surface area contributed by atoms with Crippen molar-refractivity contribution in [1.82, 2.24) is 0 Å². The van der Waals surface area contributed by atoms with Crippen LogP contribution < -0.4 is 0 Å². The van der Waals surface area contributed by atoms with Gasteiger partial charge in [-0.15, -0.1) is 0 Å². The summed E-state index contributed by atoms with van der Waals surface area (Å²) in [5, 5.41) is 0. The first-order valence-corrected chi connectivity index (χ1v) is 6.67.